The minimum atomic E-state index is -0.0663. The highest BCUT2D eigenvalue weighted by molar-refractivity contribution is 6.04. The summed E-state index contributed by atoms with van der Waals surface area (Å²) in [7, 11) is 0. The molecule has 8 aromatic heterocycles. The van der Waals surface area contributed by atoms with E-state index in [1.807, 2.05) is 193 Å². The average molecular weight is 1970 g/mol. The lowest BCUT2D eigenvalue weighted by Gasteiger charge is -2.29. The quantitative estimate of drug-likeness (QED) is 0.0379. The third-order valence-corrected chi connectivity index (χ3v) is 26.1. The Labute approximate surface area is 846 Å². The highest BCUT2D eigenvalue weighted by Crippen LogP contribution is 2.41. The molecule has 0 spiro atoms. The standard InChI is InChI=1S/C24H25N5O3.C22H22N6O.C21H21N7O.C21H20N6O2.C20H20N6O2/c30-22-15-17-16-25-24(28-23(17)20-3-1-2-4-21(20)27-22)26-18-5-7-19(8-6-18)32-14-11-29-9-12-31-13-10-29;29-20-13-15-14-24-22(27-21(15)18-3-1-2-4-19(18)26-20)25-16-5-7-17(8-6-16)28-11-9-23-10-12-28;29-19-11-14-12-24-21(27-20(14)16-3-1-2-4-17(16)26-19)25-15-5-6-18(23-13-15)28-9-7-22-8-10-28;28-19-11-14-12-23-21(26-20(14)16-3-1-2-4-17(16)25-19)24-15-5-6-18(22-13-15)27-7-9-29-10-8-27;27-18-9-13-10-21-20(25-19(13)16-3-1-2-4-17(16)24-18)23-14-11-22-26(12-14)15-5-7-28-8-6-15/h1-8,16H,9-15H2,(H,27,30)(H,25,26,28);1-8,14,23H,9-13H2,(H,26,29)(H,24,25,27);1-6,12-13,22H,7-11H2,(H,26,29)(H,24,25,27);1-6,12-13H,7-11H2,(H,25,28)(H,23,24,26);1-4,10-12,15H,5-9H2,(H,24,27)(H,21,23,25). The Morgan fingerprint density at radius 3 is 1.00 bits per heavy atom. The molecule has 744 valence electrons. The minimum absolute atomic E-state index is 0.0518. The second-order valence-corrected chi connectivity index (χ2v) is 36.1. The van der Waals surface area contributed by atoms with Gasteiger partial charge in [0.25, 0.3) is 0 Å². The Kier molecular flexibility index (Phi) is 29.7. The van der Waals surface area contributed by atoms with Crippen molar-refractivity contribution in [1.29, 1.82) is 0 Å². The summed E-state index contributed by atoms with van der Waals surface area (Å²) in [5.41, 5.74) is 21.7. The first-order valence-electron chi connectivity index (χ1n) is 49.3. The van der Waals surface area contributed by atoms with Gasteiger partial charge in [-0.1, -0.05) is 91.0 Å². The zero-order valence-electron chi connectivity index (χ0n) is 80.6. The molecule has 0 unspecified atom stereocenters. The molecule has 15 aromatic rings. The fourth-order valence-electron chi connectivity index (χ4n) is 18.6. The summed E-state index contributed by atoms with van der Waals surface area (Å²) >= 11 is 0. The van der Waals surface area contributed by atoms with Gasteiger partial charge in [0.05, 0.1) is 157 Å². The van der Waals surface area contributed by atoms with Crippen LogP contribution < -0.4 is 83.2 Å². The number of anilines is 18. The molecule has 39 nitrogen and oxygen atoms in total. The fourth-order valence-corrected chi connectivity index (χ4v) is 18.6. The lowest BCUT2D eigenvalue weighted by molar-refractivity contribution is -0.116. The number of nitrogens with zero attached hydrogens (tertiary/aromatic N) is 18. The van der Waals surface area contributed by atoms with Crippen molar-refractivity contribution >= 4 is 133 Å². The summed E-state index contributed by atoms with van der Waals surface area (Å²) in [6.07, 6.45) is 19.1. The van der Waals surface area contributed by atoms with Crippen molar-refractivity contribution in [2.75, 3.05) is 199 Å². The van der Waals surface area contributed by atoms with E-state index in [1.54, 1.807) is 49.6 Å². The van der Waals surface area contributed by atoms with Crippen LogP contribution in [0.25, 0.3) is 56.3 Å². The molecular formula is C108H108N30O9. The van der Waals surface area contributed by atoms with Gasteiger partial charge < -0.3 is 97.4 Å². The number of piperazine rings is 2. The van der Waals surface area contributed by atoms with Gasteiger partial charge in [-0.15, -0.1) is 0 Å². The predicted octanol–water partition coefficient (Wildman–Crippen LogP) is 13.6. The number of hydrogen-bond acceptors (Lipinski definition) is 33. The Hall–Kier alpha value is -17.2. The molecule has 10 aliphatic rings. The molecule has 0 bridgehead atoms. The first-order valence-corrected chi connectivity index (χ1v) is 49.3. The lowest BCUT2D eigenvalue weighted by Crippen LogP contribution is -2.43. The van der Waals surface area contributed by atoms with E-state index in [4.69, 9.17) is 38.9 Å². The number of pyridine rings is 2. The predicted molar refractivity (Wildman–Crippen MR) is 564 cm³/mol. The summed E-state index contributed by atoms with van der Waals surface area (Å²) in [6.45, 7) is 17.7. The second kappa shape index (κ2) is 45.6. The van der Waals surface area contributed by atoms with Crippen molar-refractivity contribution in [3.63, 3.8) is 0 Å². The van der Waals surface area contributed by atoms with E-state index < -0.39 is 0 Å². The number of ether oxygens (including phenoxy) is 4. The van der Waals surface area contributed by atoms with Gasteiger partial charge in [0.2, 0.25) is 59.3 Å². The van der Waals surface area contributed by atoms with Gasteiger partial charge in [-0.25, -0.2) is 59.8 Å². The highest BCUT2D eigenvalue weighted by Gasteiger charge is 2.30. The zero-order chi connectivity index (χ0) is 99.6. The van der Waals surface area contributed by atoms with E-state index >= 15 is 0 Å². The maximum absolute atomic E-state index is 12.2. The number of aromatic nitrogens is 14. The third-order valence-electron chi connectivity index (χ3n) is 26.1. The molecule has 18 heterocycles. The molecular weight excluding hydrogens is 1860 g/mol. The van der Waals surface area contributed by atoms with E-state index in [2.05, 4.69) is 141 Å². The normalized spacial score (nSPS) is 15.9. The summed E-state index contributed by atoms with van der Waals surface area (Å²) < 4.78 is 24.0. The summed E-state index contributed by atoms with van der Waals surface area (Å²) in [6, 6.07) is 62.8. The van der Waals surface area contributed by atoms with Gasteiger partial charge in [-0.2, -0.15) is 5.10 Å². The number of carbonyl (C=O) groups is 5. The first-order chi connectivity index (χ1) is 72.3. The highest BCUT2D eigenvalue weighted by atomic mass is 16.5. The zero-order valence-corrected chi connectivity index (χ0v) is 80.6. The molecule has 0 radical (unpaired) electrons. The van der Waals surface area contributed by atoms with Gasteiger partial charge in [-0.05, 0) is 116 Å². The van der Waals surface area contributed by atoms with Crippen LogP contribution in [-0.4, -0.2) is 235 Å². The molecule has 5 amide bonds. The van der Waals surface area contributed by atoms with Gasteiger partial charge in [-0.3, -0.25) is 33.6 Å². The van der Waals surface area contributed by atoms with Crippen molar-refractivity contribution in [2.45, 2.75) is 51.0 Å². The van der Waals surface area contributed by atoms with E-state index in [9.17, 15) is 24.0 Å². The molecule has 7 aromatic carbocycles. The van der Waals surface area contributed by atoms with Gasteiger partial charge in [0, 0.05) is 208 Å². The van der Waals surface area contributed by atoms with Crippen LogP contribution in [0.4, 0.5) is 104 Å². The van der Waals surface area contributed by atoms with Crippen molar-refractivity contribution in [3.05, 3.63) is 278 Å². The Morgan fingerprint density at radius 1 is 0.313 bits per heavy atom. The van der Waals surface area contributed by atoms with E-state index in [0.29, 0.717) is 42.4 Å². The van der Waals surface area contributed by atoms with Crippen LogP contribution >= 0.6 is 0 Å². The van der Waals surface area contributed by atoms with Crippen LogP contribution in [0.1, 0.15) is 46.7 Å². The third kappa shape index (κ3) is 24.0. The maximum atomic E-state index is 12.2. The first kappa shape index (κ1) is 95.9. The molecule has 0 atom stereocenters. The monoisotopic (exact) mass is 1970 g/mol. The van der Waals surface area contributed by atoms with Crippen LogP contribution in [0, 0.1) is 0 Å². The molecule has 5 fully saturated rings. The number of para-hydroxylation sites is 5. The summed E-state index contributed by atoms with van der Waals surface area (Å²) in [5, 5.41) is 42.0. The Bertz CT molecular complexity index is 6830. The second-order valence-electron chi connectivity index (χ2n) is 36.1. The van der Waals surface area contributed by atoms with Crippen LogP contribution in [0.5, 0.6) is 5.75 Å². The number of nitrogens with one attached hydrogen (secondary N) is 12. The largest absolute Gasteiger partial charge is 0.492 e. The number of fused-ring (bicyclic) bond motifs is 15. The lowest BCUT2D eigenvalue weighted by atomic mass is 10.1. The van der Waals surface area contributed by atoms with E-state index in [-0.39, 0.29) is 61.6 Å². The number of morpholine rings is 2. The molecule has 0 aliphatic carbocycles. The van der Waals surface area contributed by atoms with Crippen molar-refractivity contribution in [3.8, 4) is 62.0 Å². The van der Waals surface area contributed by atoms with Crippen molar-refractivity contribution in [1.82, 2.24) is 85.1 Å². The summed E-state index contributed by atoms with van der Waals surface area (Å²) in [5.74, 6) is 4.84. The smallest absolute Gasteiger partial charge is 0.228 e. The van der Waals surface area contributed by atoms with Crippen molar-refractivity contribution < 1.29 is 42.9 Å². The van der Waals surface area contributed by atoms with Gasteiger partial charge in [0.1, 0.15) is 24.0 Å². The maximum Gasteiger partial charge on any atom is 0.228 e. The average Bonchev–Trinajstić information content (AvgIpc) is 1.72. The number of amides is 5. The molecule has 25 rings (SSSR count). The van der Waals surface area contributed by atoms with Crippen LogP contribution in [0.3, 0.4) is 0 Å². The van der Waals surface area contributed by atoms with Gasteiger partial charge >= 0.3 is 0 Å². The molecule has 12 N–H and O–H groups in total. The number of benzene rings is 7. The number of hydrogen-bond donors (Lipinski definition) is 12. The minimum Gasteiger partial charge on any atom is -0.492 e. The summed E-state index contributed by atoms with van der Waals surface area (Å²) in [4.78, 5) is 125. The molecule has 147 heavy (non-hydrogen) atoms. The SMILES string of the molecule is O=C1Cc2cnc(Nc3ccc(N4CCNCC4)cc3)nc2-c2ccccc2N1.O=C1Cc2cnc(Nc3ccc(N4CCNCC4)nc3)nc2-c2ccccc2N1.O=C1Cc2cnc(Nc3ccc(N4CCOCC4)nc3)nc2-c2ccccc2N1.O=C1Cc2cnc(Nc3ccc(OCCN4CCOCC4)cc3)nc2-c2ccccc2N1.O=C1Cc2cnc(Nc3cnn(C4CCOCC4)c3)nc2-c2ccccc2N1. The fraction of sp³-hybridized carbons (Fsp3) is 0.259. The van der Waals surface area contributed by atoms with Crippen LogP contribution in [0.15, 0.2) is 250 Å². The molecule has 39 heteroatoms. The molecule has 5 saturated heterocycles. The topological polar surface area (TPSA) is 452 Å². The Morgan fingerprint density at radius 2 is 0.633 bits per heavy atom. The van der Waals surface area contributed by atoms with E-state index in [1.165, 1.54) is 5.69 Å². The number of carbonyl (C=O) groups excluding carboxylic acids is 5. The molecule has 0 saturated carbocycles. The van der Waals surface area contributed by atoms with E-state index in [0.717, 1.165) is 296 Å². The molecule has 10 aliphatic heterocycles. The van der Waals surface area contributed by atoms with Crippen LogP contribution in [-0.2, 0) is 70.3 Å². The van der Waals surface area contributed by atoms with Crippen molar-refractivity contribution in [2.24, 2.45) is 0 Å². The number of rotatable bonds is 18. The Balaban J connectivity index is 0.000000108. The van der Waals surface area contributed by atoms with Gasteiger partial charge in [0.15, 0.2) is 0 Å². The van der Waals surface area contributed by atoms with Crippen LogP contribution in [0.2, 0.25) is 0 Å².